The van der Waals surface area contributed by atoms with E-state index in [1.807, 2.05) is 24.3 Å². The largest absolute Gasteiger partial charge is 0.376 e. The molecule has 1 N–H and O–H groups in total. The molecule has 1 aromatic rings. The number of hydrogen-bond donors (Lipinski definition) is 1. The van der Waals surface area contributed by atoms with Crippen LogP contribution in [0.5, 0.6) is 0 Å². The zero-order chi connectivity index (χ0) is 16.8. The van der Waals surface area contributed by atoms with Crippen LogP contribution in [0.15, 0.2) is 24.3 Å². The summed E-state index contributed by atoms with van der Waals surface area (Å²) >= 11 is 0. The number of amides is 1. The van der Waals surface area contributed by atoms with Crippen molar-refractivity contribution in [3.8, 4) is 0 Å². The Morgan fingerprint density at radius 2 is 2.00 bits per heavy atom. The first-order valence-corrected chi connectivity index (χ1v) is 9.01. The number of rotatable bonds is 6. The molecule has 24 heavy (non-hydrogen) atoms. The second-order valence-corrected chi connectivity index (χ2v) is 6.72. The lowest BCUT2D eigenvalue weighted by Gasteiger charge is -2.32. The van der Waals surface area contributed by atoms with Crippen LogP contribution in [0.4, 0.5) is 0 Å². The van der Waals surface area contributed by atoms with Crippen LogP contribution in [0.1, 0.15) is 41.6 Å². The Morgan fingerprint density at radius 3 is 2.62 bits per heavy atom. The number of piperidine rings is 1. The van der Waals surface area contributed by atoms with Gasteiger partial charge >= 0.3 is 0 Å². The van der Waals surface area contributed by atoms with Gasteiger partial charge in [-0.15, -0.1) is 0 Å². The van der Waals surface area contributed by atoms with Gasteiger partial charge in [0.05, 0.1) is 18.8 Å². The quantitative estimate of drug-likeness (QED) is 0.868. The second-order valence-electron chi connectivity index (χ2n) is 6.72. The number of nitrogens with one attached hydrogen (secondary N) is 1. The van der Waals surface area contributed by atoms with Crippen molar-refractivity contribution in [2.75, 3.05) is 33.4 Å². The number of likely N-dealkylation sites (tertiary alicyclic amines) is 1. The minimum absolute atomic E-state index is 0.0363. The molecule has 5 heteroatoms. The van der Waals surface area contributed by atoms with Crippen molar-refractivity contribution < 1.29 is 14.3 Å². The van der Waals surface area contributed by atoms with Crippen LogP contribution in [0, 0.1) is 0 Å². The average molecular weight is 332 g/mol. The van der Waals surface area contributed by atoms with E-state index in [9.17, 15) is 4.79 Å². The molecule has 1 amide bonds. The number of hydrogen-bond acceptors (Lipinski definition) is 4. The second kappa shape index (κ2) is 8.60. The Kier molecular flexibility index (Phi) is 6.24. The van der Waals surface area contributed by atoms with E-state index in [0.29, 0.717) is 17.8 Å². The van der Waals surface area contributed by atoms with E-state index in [0.717, 1.165) is 52.1 Å². The molecule has 0 radical (unpaired) electrons. The molecule has 5 nitrogen and oxygen atoms in total. The van der Waals surface area contributed by atoms with E-state index in [1.165, 1.54) is 12.0 Å². The molecule has 0 bridgehead atoms. The monoisotopic (exact) mass is 332 g/mol. The summed E-state index contributed by atoms with van der Waals surface area (Å²) in [5.74, 6) is -0.0363. The molecule has 0 aromatic heterocycles. The lowest BCUT2D eigenvalue weighted by Crippen LogP contribution is -2.37. The van der Waals surface area contributed by atoms with Crippen molar-refractivity contribution in [2.45, 2.75) is 44.4 Å². The van der Waals surface area contributed by atoms with Gasteiger partial charge in [0.1, 0.15) is 0 Å². The first kappa shape index (κ1) is 17.4. The molecule has 132 valence electrons. The molecule has 3 rings (SSSR count). The van der Waals surface area contributed by atoms with Gasteiger partial charge in [-0.2, -0.15) is 0 Å². The standard InChI is InChI=1S/C19H28N2O3/c1-20-19(22)16-6-4-15(5-7-16)13-21-10-8-17(9-11-21)24-14-18-3-2-12-23-18/h4-7,17-18H,2-3,8-14H2,1H3,(H,20,22)/t18-/m1/s1. The van der Waals surface area contributed by atoms with Gasteiger partial charge in [0, 0.05) is 38.9 Å². The van der Waals surface area contributed by atoms with Crippen LogP contribution in [-0.4, -0.2) is 56.4 Å². The molecular weight excluding hydrogens is 304 g/mol. The Hall–Kier alpha value is -1.43. The molecule has 0 spiro atoms. The van der Waals surface area contributed by atoms with Crippen LogP contribution >= 0.6 is 0 Å². The molecule has 2 aliphatic heterocycles. The fraction of sp³-hybridized carbons (Fsp3) is 0.632. The molecule has 2 heterocycles. The molecule has 2 aliphatic rings. The van der Waals surface area contributed by atoms with Crippen LogP contribution in [-0.2, 0) is 16.0 Å². The van der Waals surface area contributed by atoms with E-state index in [2.05, 4.69) is 10.2 Å². The van der Waals surface area contributed by atoms with Crippen LogP contribution in [0.2, 0.25) is 0 Å². The van der Waals surface area contributed by atoms with Gasteiger partial charge in [0.25, 0.3) is 5.91 Å². The molecule has 2 saturated heterocycles. The Balaban J connectivity index is 1.39. The smallest absolute Gasteiger partial charge is 0.251 e. The van der Waals surface area contributed by atoms with Gasteiger partial charge in [-0.05, 0) is 43.4 Å². The third-order valence-corrected chi connectivity index (χ3v) is 4.93. The first-order valence-electron chi connectivity index (χ1n) is 9.01. The van der Waals surface area contributed by atoms with E-state index in [-0.39, 0.29) is 5.91 Å². The molecule has 1 atom stereocenters. The molecule has 0 saturated carbocycles. The van der Waals surface area contributed by atoms with Crippen molar-refractivity contribution in [2.24, 2.45) is 0 Å². The predicted octanol–water partition coefficient (Wildman–Crippen LogP) is 2.21. The van der Waals surface area contributed by atoms with Gasteiger partial charge in [0.15, 0.2) is 0 Å². The summed E-state index contributed by atoms with van der Waals surface area (Å²) in [6, 6.07) is 7.88. The lowest BCUT2D eigenvalue weighted by atomic mass is 10.1. The molecule has 0 aliphatic carbocycles. The maximum absolute atomic E-state index is 11.6. The highest BCUT2D eigenvalue weighted by Crippen LogP contribution is 2.19. The van der Waals surface area contributed by atoms with Crippen LogP contribution < -0.4 is 5.32 Å². The maximum Gasteiger partial charge on any atom is 0.251 e. The van der Waals surface area contributed by atoms with Crippen molar-refractivity contribution in [1.82, 2.24) is 10.2 Å². The predicted molar refractivity (Wildman–Crippen MR) is 93.1 cm³/mol. The number of nitrogens with zero attached hydrogens (tertiary/aromatic N) is 1. The minimum Gasteiger partial charge on any atom is -0.376 e. The topological polar surface area (TPSA) is 50.8 Å². The Bertz CT molecular complexity index is 518. The third kappa shape index (κ3) is 4.79. The van der Waals surface area contributed by atoms with Gasteiger partial charge < -0.3 is 14.8 Å². The van der Waals surface area contributed by atoms with Gasteiger partial charge in [-0.25, -0.2) is 0 Å². The van der Waals surface area contributed by atoms with E-state index in [4.69, 9.17) is 9.47 Å². The summed E-state index contributed by atoms with van der Waals surface area (Å²) in [6.45, 7) is 4.71. The highest BCUT2D eigenvalue weighted by Gasteiger charge is 2.22. The lowest BCUT2D eigenvalue weighted by molar-refractivity contribution is -0.0426. The highest BCUT2D eigenvalue weighted by molar-refractivity contribution is 5.93. The minimum atomic E-state index is -0.0363. The van der Waals surface area contributed by atoms with Crippen LogP contribution in [0.25, 0.3) is 0 Å². The Morgan fingerprint density at radius 1 is 1.25 bits per heavy atom. The molecule has 1 aromatic carbocycles. The molecule has 0 unspecified atom stereocenters. The maximum atomic E-state index is 11.6. The number of ether oxygens (including phenoxy) is 2. The summed E-state index contributed by atoms with van der Waals surface area (Å²) in [7, 11) is 1.65. The zero-order valence-electron chi connectivity index (χ0n) is 14.5. The number of carbonyl (C=O) groups is 1. The van der Waals surface area contributed by atoms with Crippen molar-refractivity contribution in [3.05, 3.63) is 35.4 Å². The zero-order valence-corrected chi connectivity index (χ0v) is 14.5. The van der Waals surface area contributed by atoms with E-state index >= 15 is 0 Å². The first-order chi connectivity index (χ1) is 11.7. The van der Waals surface area contributed by atoms with Gasteiger partial charge in [-0.1, -0.05) is 12.1 Å². The number of carbonyl (C=O) groups excluding carboxylic acids is 1. The number of benzene rings is 1. The summed E-state index contributed by atoms with van der Waals surface area (Å²) in [5, 5.41) is 2.65. The summed E-state index contributed by atoms with van der Waals surface area (Å²) in [6.07, 6.45) is 5.19. The van der Waals surface area contributed by atoms with Crippen molar-refractivity contribution in [1.29, 1.82) is 0 Å². The van der Waals surface area contributed by atoms with E-state index in [1.54, 1.807) is 7.05 Å². The third-order valence-electron chi connectivity index (χ3n) is 4.93. The van der Waals surface area contributed by atoms with E-state index < -0.39 is 0 Å². The Labute approximate surface area is 144 Å². The van der Waals surface area contributed by atoms with Gasteiger partial charge in [-0.3, -0.25) is 9.69 Å². The molecule has 2 fully saturated rings. The fourth-order valence-corrected chi connectivity index (χ4v) is 3.42. The fourth-order valence-electron chi connectivity index (χ4n) is 3.42. The SMILES string of the molecule is CNC(=O)c1ccc(CN2CCC(OC[C@H]3CCCO3)CC2)cc1. The summed E-state index contributed by atoms with van der Waals surface area (Å²) in [4.78, 5) is 14.0. The average Bonchev–Trinajstić information content (AvgIpc) is 3.15. The summed E-state index contributed by atoms with van der Waals surface area (Å²) in [5.41, 5.74) is 1.96. The van der Waals surface area contributed by atoms with Crippen molar-refractivity contribution in [3.63, 3.8) is 0 Å². The van der Waals surface area contributed by atoms with Gasteiger partial charge in [0.2, 0.25) is 0 Å². The normalized spacial score (nSPS) is 22.6. The highest BCUT2D eigenvalue weighted by atomic mass is 16.5. The molecular formula is C19H28N2O3. The summed E-state index contributed by atoms with van der Waals surface area (Å²) < 4.78 is 11.6. The van der Waals surface area contributed by atoms with Crippen LogP contribution in [0.3, 0.4) is 0 Å². The van der Waals surface area contributed by atoms with Crippen molar-refractivity contribution >= 4 is 5.91 Å².